The van der Waals surface area contributed by atoms with Crippen LogP contribution in [0.3, 0.4) is 0 Å². The highest BCUT2D eigenvalue weighted by Crippen LogP contribution is 2.05. The maximum Gasteiger partial charge on any atom is 0.308 e. The highest BCUT2D eigenvalue weighted by Gasteiger charge is 2.15. The number of aliphatic hydroxyl groups is 2. The van der Waals surface area contributed by atoms with Crippen molar-refractivity contribution in [1.82, 2.24) is 0 Å². The maximum absolute atomic E-state index is 10.8. The predicted molar refractivity (Wildman–Crippen MR) is 48.6 cm³/mol. The van der Waals surface area contributed by atoms with E-state index in [0.29, 0.717) is 6.61 Å². The van der Waals surface area contributed by atoms with Crippen LogP contribution >= 0.6 is 11.6 Å². The summed E-state index contributed by atoms with van der Waals surface area (Å²) in [4.78, 5) is 10.8. The Morgan fingerprint density at radius 1 is 1.46 bits per heavy atom. The molecular formula is C8H15ClO4. The third kappa shape index (κ3) is 6.81. The van der Waals surface area contributed by atoms with Crippen LogP contribution in [0.15, 0.2) is 0 Å². The third-order valence-electron chi connectivity index (χ3n) is 1.43. The number of hydrogen-bond donors (Lipinski definition) is 2. The Bertz CT molecular complexity index is 151. The molecule has 0 fully saturated rings. The van der Waals surface area contributed by atoms with E-state index in [1.165, 1.54) is 0 Å². The second-order valence-electron chi connectivity index (χ2n) is 2.71. The molecule has 0 aliphatic heterocycles. The molecule has 0 rings (SSSR count). The van der Waals surface area contributed by atoms with Crippen LogP contribution in [0.25, 0.3) is 0 Å². The topological polar surface area (TPSA) is 66.8 Å². The molecule has 0 radical (unpaired) electrons. The molecule has 0 heterocycles. The molecule has 0 unspecified atom stereocenters. The molecule has 0 aromatic carbocycles. The summed E-state index contributed by atoms with van der Waals surface area (Å²) in [5, 5.41) is 18.3. The number of hydrogen-bond acceptors (Lipinski definition) is 4. The van der Waals surface area contributed by atoms with E-state index in [4.69, 9.17) is 16.7 Å². The molecule has 0 aliphatic rings. The van der Waals surface area contributed by atoms with Gasteiger partial charge in [0.2, 0.25) is 0 Å². The standard InChI is InChI=1S/C8H15ClO4/c1-2-13-8(12)4-6(10)3-7(11)5-9/h6-7,10-11H,2-5H2,1H3/t6-,7+/m1/s1. The zero-order chi connectivity index (χ0) is 10.3. The number of carbonyl (C=O) groups excluding carboxylic acids is 1. The van der Waals surface area contributed by atoms with Gasteiger partial charge in [0.25, 0.3) is 0 Å². The Morgan fingerprint density at radius 3 is 2.54 bits per heavy atom. The molecule has 78 valence electrons. The first-order chi connectivity index (χ1) is 6.10. The molecule has 5 heteroatoms. The summed E-state index contributed by atoms with van der Waals surface area (Å²) in [6.45, 7) is 1.99. The van der Waals surface area contributed by atoms with Crippen molar-refractivity contribution in [3.8, 4) is 0 Å². The van der Waals surface area contributed by atoms with E-state index in [1.807, 2.05) is 0 Å². The summed E-state index contributed by atoms with van der Waals surface area (Å²) in [5.41, 5.74) is 0. The third-order valence-corrected chi connectivity index (χ3v) is 1.79. The highest BCUT2D eigenvalue weighted by atomic mass is 35.5. The van der Waals surface area contributed by atoms with Crippen LogP contribution in [0.2, 0.25) is 0 Å². The van der Waals surface area contributed by atoms with Crippen LogP contribution in [0.5, 0.6) is 0 Å². The zero-order valence-corrected chi connectivity index (χ0v) is 8.33. The van der Waals surface area contributed by atoms with Crippen LogP contribution in [0, 0.1) is 0 Å². The molecule has 0 aliphatic carbocycles. The van der Waals surface area contributed by atoms with Crippen LogP contribution in [0.1, 0.15) is 19.8 Å². The quantitative estimate of drug-likeness (QED) is 0.489. The number of aliphatic hydroxyl groups excluding tert-OH is 2. The fraction of sp³-hybridized carbons (Fsp3) is 0.875. The second kappa shape index (κ2) is 7.12. The van der Waals surface area contributed by atoms with Gasteiger partial charge in [-0.3, -0.25) is 4.79 Å². The molecule has 2 atom stereocenters. The van der Waals surface area contributed by atoms with Crippen molar-refractivity contribution in [2.75, 3.05) is 12.5 Å². The molecule has 13 heavy (non-hydrogen) atoms. The van der Waals surface area contributed by atoms with Gasteiger partial charge in [-0.15, -0.1) is 11.6 Å². The van der Waals surface area contributed by atoms with E-state index < -0.39 is 18.2 Å². The average molecular weight is 211 g/mol. The van der Waals surface area contributed by atoms with Crippen LogP contribution < -0.4 is 0 Å². The molecular weight excluding hydrogens is 196 g/mol. The highest BCUT2D eigenvalue weighted by molar-refractivity contribution is 6.18. The lowest BCUT2D eigenvalue weighted by Gasteiger charge is -2.12. The number of alkyl halides is 1. The molecule has 0 saturated heterocycles. The zero-order valence-electron chi connectivity index (χ0n) is 7.57. The van der Waals surface area contributed by atoms with Crippen LogP contribution in [0.4, 0.5) is 0 Å². The first-order valence-corrected chi connectivity index (χ1v) is 4.71. The number of halogens is 1. The van der Waals surface area contributed by atoms with Crippen molar-refractivity contribution in [3.63, 3.8) is 0 Å². The minimum Gasteiger partial charge on any atom is -0.466 e. The Kier molecular flexibility index (Phi) is 6.94. The Balaban J connectivity index is 3.60. The fourth-order valence-electron chi connectivity index (χ4n) is 0.873. The summed E-state index contributed by atoms with van der Waals surface area (Å²) in [7, 11) is 0. The lowest BCUT2D eigenvalue weighted by molar-refractivity contribution is -0.145. The molecule has 0 aromatic heterocycles. The number of ether oxygens (including phenoxy) is 1. The molecule has 0 aromatic rings. The minimum atomic E-state index is -0.882. The lowest BCUT2D eigenvalue weighted by Crippen LogP contribution is -2.22. The lowest BCUT2D eigenvalue weighted by atomic mass is 10.1. The normalized spacial score (nSPS) is 15.1. The second-order valence-corrected chi connectivity index (χ2v) is 3.02. The van der Waals surface area contributed by atoms with Crippen LogP contribution in [-0.4, -0.2) is 40.9 Å². The van der Waals surface area contributed by atoms with E-state index in [9.17, 15) is 9.90 Å². The van der Waals surface area contributed by atoms with Gasteiger partial charge in [-0.1, -0.05) is 0 Å². The number of carbonyl (C=O) groups is 1. The Hall–Kier alpha value is -0.320. The van der Waals surface area contributed by atoms with E-state index in [2.05, 4.69) is 4.74 Å². The SMILES string of the molecule is CCOC(=O)C[C@H](O)C[C@H](O)CCl. The predicted octanol–water partition coefficient (Wildman–Crippen LogP) is 0.290. The largest absolute Gasteiger partial charge is 0.466 e. The molecule has 2 N–H and O–H groups in total. The van der Waals surface area contributed by atoms with Gasteiger partial charge in [0, 0.05) is 12.3 Å². The summed E-state index contributed by atoms with van der Waals surface area (Å²) in [6, 6.07) is 0. The smallest absolute Gasteiger partial charge is 0.308 e. The van der Waals surface area contributed by atoms with Gasteiger partial charge in [-0.25, -0.2) is 0 Å². The summed E-state index contributed by atoms with van der Waals surface area (Å²) in [5.74, 6) is -0.406. The first kappa shape index (κ1) is 12.7. The first-order valence-electron chi connectivity index (χ1n) is 4.17. The van der Waals surface area contributed by atoms with Crippen molar-refractivity contribution in [3.05, 3.63) is 0 Å². The summed E-state index contributed by atoms with van der Waals surface area (Å²) in [6.07, 6.45) is -1.65. The van der Waals surface area contributed by atoms with E-state index in [1.54, 1.807) is 6.92 Å². The number of esters is 1. The van der Waals surface area contributed by atoms with E-state index >= 15 is 0 Å². The van der Waals surface area contributed by atoms with E-state index in [0.717, 1.165) is 0 Å². The van der Waals surface area contributed by atoms with Gasteiger partial charge in [0.15, 0.2) is 0 Å². The van der Waals surface area contributed by atoms with Gasteiger partial charge >= 0.3 is 5.97 Å². The van der Waals surface area contributed by atoms with Gasteiger partial charge < -0.3 is 14.9 Å². The van der Waals surface area contributed by atoms with Gasteiger partial charge in [0.05, 0.1) is 25.2 Å². The molecule has 0 saturated carbocycles. The molecule has 0 amide bonds. The van der Waals surface area contributed by atoms with Crippen molar-refractivity contribution in [1.29, 1.82) is 0 Å². The van der Waals surface area contributed by atoms with Crippen molar-refractivity contribution >= 4 is 17.6 Å². The van der Waals surface area contributed by atoms with Crippen LogP contribution in [-0.2, 0) is 9.53 Å². The molecule has 0 bridgehead atoms. The van der Waals surface area contributed by atoms with Gasteiger partial charge in [0.1, 0.15) is 0 Å². The molecule has 4 nitrogen and oxygen atoms in total. The van der Waals surface area contributed by atoms with Crippen molar-refractivity contribution in [2.24, 2.45) is 0 Å². The minimum absolute atomic E-state index is 0.0554. The summed E-state index contributed by atoms with van der Waals surface area (Å²) >= 11 is 5.32. The molecule has 0 spiro atoms. The van der Waals surface area contributed by atoms with E-state index in [-0.39, 0.29) is 18.7 Å². The fourth-order valence-corrected chi connectivity index (χ4v) is 0.999. The Labute approximate surface area is 82.5 Å². The average Bonchev–Trinajstić information content (AvgIpc) is 2.04. The van der Waals surface area contributed by atoms with Crippen molar-refractivity contribution in [2.45, 2.75) is 32.0 Å². The monoisotopic (exact) mass is 210 g/mol. The number of rotatable bonds is 6. The van der Waals surface area contributed by atoms with Gasteiger partial charge in [-0.05, 0) is 6.92 Å². The summed E-state index contributed by atoms with van der Waals surface area (Å²) < 4.78 is 4.61. The maximum atomic E-state index is 10.8. The van der Waals surface area contributed by atoms with Crippen molar-refractivity contribution < 1.29 is 19.7 Å². The van der Waals surface area contributed by atoms with Gasteiger partial charge in [-0.2, -0.15) is 0 Å². The Morgan fingerprint density at radius 2 is 2.08 bits per heavy atom.